The molecule has 0 unspecified atom stereocenters. The Hall–Kier alpha value is -1.41. The van der Waals surface area contributed by atoms with E-state index >= 15 is 0 Å². The zero-order valence-electron chi connectivity index (χ0n) is 11.2. The van der Waals surface area contributed by atoms with Gasteiger partial charge in [-0.1, -0.05) is 46.3 Å². The Kier molecular flexibility index (Phi) is 4.54. The molecule has 0 saturated carbocycles. The molecule has 19 heavy (non-hydrogen) atoms. The van der Waals surface area contributed by atoms with Gasteiger partial charge >= 0.3 is 0 Å². The molecule has 0 aliphatic carbocycles. The van der Waals surface area contributed by atoms with Crippen LogP contribution in [0.25, 0.3) is 0 Å². The van der Waals surface area contributed by atoms with Crippen molar-refractivity contribution in [2.45, 2.75) is 26.7 Å². The molecular formula is C17H17BrO. The normalized spacial score (nSPS) is 10.5. The number of halogens is 1. The molecule has 0 spiro atoms. The monoisotopic (exact) mass is 316 g/mol. The lowest BCUT2D eigenvalue weighted by molar-refractivity contribution is 0.0981. The van der Waals surface area contributed by atoms with E-state index < -0.39 is 0 Å². The zero-order chi connectivity index (χ0) is 13.8. The van der Waals surface area contributed by atoms with E-state index in [2.05, 4.69) is 28.1 Å². The van der Waals surface area contributed by atoms with Crippen LogP contribution in [0.2, 0.25) is 0 Å². The second-order valence-electron chi connectivity index (χ2n) is 4.82. The summed E-state index contributed by atoms with van der Waals surface area (Å²) in [7, 11) is 0. The van der Waals surface area contributed by atoms with Gasteiger partial charge in [0.15, 0.2) is 5.78 Å². The first-order valence-corrected chi connectivity index (χ1v) is 7.21. The van der Waals surface area contributed by atoms with Gasteiger partial charge in [0.05, 0.1) is 0 Å². The van der Waals surface area contributed by atoms with Gasteiger partial charge in [-0.2, -0.15) is 0 Å². The standard InChI is InChI=1S/C17H17BrO/c1-12-5-3-6-13(2)17(12)16(19)10-9-14-7-4-8-15(18)11-14/h3-8,11H,9-10H2,1-2H3. The van der Waals surface area contributed by atoms with Crippen LogP contribution in [0.4, 0.5) is 0 Å². The van der Waals surface area contributed by atoms with Gasteiger partial charge in [-0.05, 0) is 49.1 Å². The molecule has 98 valence electrons. The molecule has 2 aromatic carbocycles. The van der Waals surface area contributed by atoms with Crippen molar-refractivity contribution in [1.29, 1.82) is 0 Å². The van der Waals surface area contributed by atoms with Crippen molar-refractivity contribution in [3.63, 3.8) is 0 Å². The average molecular weight is 317 g/mol. The molecule has 0 aliphatic heterocycles. The number of ketones is 1. The molecule has 0 N–H and O–H groups in total. The van der Waals surface area contributed by atoms with Gasteiger partial charge in [0, 0.05) is 16.5 Å². The van der Waals surface area contributed by atoms with Gasteiger partial charge < -0.3 is 0 Å². The van der Waals surface area contributed by atoms with Crippen LogP contribution in [-0.2, 0) is 6.42 Å². The number of carbonyl (C=O) groups excluding carboxylic acids is 1. The summed E-state index contributed by atoms with van der Waals surface area (Å²) in [5.41, 5.74) is 4.21. The molecule has 0 aromatic heterocycles. The highest BCUT2D eigenvalue weighted by molar-refractivity contribution is 9.10. The van der Waals surface area contributed by atoms with Gasteiger partial charge in [0.25, 0.3) is 0 Å². The Morgan fingerprint density at radius 1 is 1.05 bits per heavy atom. The Labute approximate surface area is 122 Å². The first kappa shape index (κ1) is 14.0. The molecule has 2 aromatic rings. The van der Waals surface area contributed by atoms with Crippen LogP contribution in [0.15, 0.2) is 46.9 Å². The predicted octanol–water partition coefficient (Wildman–Crippen LogP) is 4.88. The molecule has 1 nitrogen and oxygen atoms in total. The summed E-state index contributed by atoms with van der Waals surface area (Å²) < 4.78 is 1.06. The lowest BCUT2D eigenvalue weighted by Crippen LogP contribution is -2.05. The Bertz CT molecular complexity index is 582. The summed E-state index contributed by atoms with van der Waals surface area (Å²) in [5, 5.41) is 0. The number of carbonyl (C=O) groups is 1. The second kappa shape index (κ2) is 6.16. The van der Waals surface area contributed by atoms with Crippen LogP contribution in [-0.4, -0.2) is 5.78 Å². The first-order valence-electron chi connectivity index (χ1n) is 6.42. The third-order valence-corrected chi connectivity index (χ3v) is 3.78. The maximum atomic E-state index is 12.3. The lowest BCUT2D eigenvalue weighted by Gasteiger charge is -2.08. The van der Waals surface area contributed by atoms with Crippen LogP contribution >= 0.6 is 15.9 Å². The van der Waals surface area contributed by atoms with Gasteiger partial charge in [0.1, 0.15) is 0 Å². The van der Waals surface area contributed by atoms with E-state index in [9.17, 15) is 4.79 Å². The quantitative estimate of drug-likeness (QED) is 0.734. The average Bonchev–Trinajstić information content (AvgIpc) is 2.36. The Balaban J connectivity index is 2.10. The number of Topliss-reactive ketones (excluding diaryl/α,β-unsaturated/α-hetero) is 1. The molecular weight excluding hydrogens is 300 g/mol. The third-order valence-electron chi connectivity index (χ3n) is 3.29. The number of hydrogen-bond acceptors (Lipinski definition) is 1. The van der Waals surface area contributed by atoms with Crippen molar-refractivity contribution in [2.24, 2.45) is 0 Å². The fourth-order valence-corrected chi connectivity index (χ4v) is 2.78. The van der Waals surface area contributed by atoms with Crippen molar-refractivity contribution in [3.05, 3.63) is 69.2 Å². The maximum absolute atomic E-state index is 12.3. The molecule has 0 atom stereocenters. The maximum Gasteiger partial charge on any atom is 0.163 e. The molecule has 0 amide bonds. The van der Waals surface area contributed by atoms with Crippen molar-refractivity contribution >= 4 is 21.7 Å². The highest BCUT2D eigenvalue weighted by Crippen LogP contribution is 2.18. The van der Waals surface area contributed by atoms with Crippen LogP contribution in [0.1, 0.15) is 33.5 Å². The van der Waals surface area contributed by atoms with Crippen molar-refractivity contribution in [2.75, 3.05) is 0 Å². The predicted molar refractivity (Wildman–Crippen MR) is 82.7 cm³/mol. The molecule has 0 bridgehead atoms. The minimum Gasteiger partial charge on any atom is -0.294 e. The molecule has 2 heteroatoms. The first-order chi connectivity index (χ1) is 9.08. The van der Waals surface area contributed by atoms with Crippen LogP contribution in [0, 0.1) is 13.8 Å². The van der Waals surface area contributed by atoms with E-state index in [1.54, 1.807) is 0 Å². The third kappa shape index (κ3) is 3.54. The van der Waals surface area contributed by atoms with Crippen LogP contribution < -0.4 is 0 Å². The van der Waals surface area contributed by atoms with E-state index in [4.69, 9.17) is 0 Å². The summed E-state index contributed by atoms with van der Waals surface area (Å²) >= 11 is 3.45. The Morgan fingerprint density at radius 2 is 1.68 bits per heavy atom. The van der Waals surface area contributed by atoms with Crippen LogP contribution in [0.3, 0.4) is 0 Å². The minimum absolute atomic E-state index is 0.232. The fourth-order valence-electron chi connectivity index (χ4n) is 2.33. The summed E-state index contributed by atoms with van der Waals surface area (Å²) in [6, 6.07) is 14.1. The zero-order valence-corrected chi connectivity index (χ0v) is 12.8. The molecule has 0 saturated heterocycles. The number of rotatable bonds is 4. The van der Waals surface area contributed by atoms with E-state index in [1.165, 1.54) is 5.56 Å². The SMILES string of the molecule is Cc1cccc(C)c1C(=O)CCc1cccc(Br)c1. The van der Waals surface area contributed by atoms with Gasteiger partial charge in [-0.3, -0.25) is 4.79 Å². The molecule has 0 fully saturated rings. The smallest absolute Gasteiger partial charge is 0.163 e. The lowest BCUT2D eigenvalue weighted by atomic mass is 9.95. The summed E-state index contributed by atoms with van der Waals surface area (Å²) in [4.78, 5) is 12.3. The molecule has 0 heterocycles. The van der Waals surface area contributed by atoms with E-state index in [0.717, 1.165) is 27.6 Å². The molecule has 2 rings (SSSR count). The van der Waals surface area contributed by atoms with Gasteiger partial charge in [-0.25, -0.2) is 0 Å². The number of benzene rings is 2. The highest BCUT2D eigenvalue weighted by atomic mass is 79.9. The largest absolute Gasteiger partial charge is 0.294 e. The summed E-state index contributed by atoms with van der Waals surface area (Å²) in [6.07, 6.45) is 1.34. The van der Waals surface area contributed by atoms with Gasteiger partial charge in [0.2, 0.25) is 0 Å². The molecule has 0 aliphatic rings. The van der Waals surface area contributed by atoms with E-state index in [-0.39, 0.29) is 5.78 Å². The second-order valence-corrected chi connectivity index (χ2v) is 5.74. The summed E-state index contributed by atoms with van der Waals surface area (Å²) in [6.45, 7) is 4.00. The molecule has 0 radical (unpaired) electrons. The summed E-state index contributed by atoms with van der Waals surface area (Å²) in [5.74, 6) is 0.232. The van der Waals surface area contributed by atoms with Crippen molar-refractivity contribution in [1.82, 2.24) is 0 Å². The van der Waals surface area contributed by atoms with Gasteiger partial charge in [-0.15, -0.1) is 0 Å². The van der Waals surface area contributed by atoms with E-state index in [0.29, 0.717) is 6.42 Å². The highest BCUT2D eigenvalue weighted by Gasteiger charge is 2.11. The topological polar surface area (TPSA) is 17.1 Å². The van der Waals surface area contributed by atoms with Crippen LogP contribution in [0.5, 0.6) is 0 Å². The Morgan fingerprint density at radius 3 is 2.32 bits per heavy atom. The minimum atomic E-state index is 0.232. The van der Waals surface area contributed by atoms with Crippen molar-refractivity contribution in [3.8, 4) is 0 Å². The number of aryl methyl sites for hydroxylation is 3. The fraction of sp³-hybridized carbons (Fsp3) is 0.235. The van der Waals surface area contributed by atoms with Crippen molar-refractivity contribution < 1.29 is 4.79 Å². The van der Waals surface area contributed by atoms with E-state index in [1.807, 2.05) is 44.2 Å². The number of hydrogen-bond donors (Lipinski definition) is 0.